The van der Waals surface area contributed by atoms with E-state index in [1.165, 1.54) is 0 Å². The van der Waals surface area contributed by atoms with E-state index in [1.807, 2.05) is 55.3 Å². The fourth-order valence-corrected chi connectivity index (χ4v) is 5.08. The van der Waals surface area contributed by atoms with Gasteiger partial charge in [-0.05, 0) is 44.3 Å². The van der Waals surface area contributed by atoms with Crippen LogP contribution in [0.1, 0.15) is 27.6 Å². The van der Waals surface area contributed by atoms with Crippen molar-refractivity contribution in [1.82, 2.24) is 20.1 Å². The molecule has 0 spiro atoms. The molecule has 210 valence electrons. The van der Waals surface area contributed by atoms with Gasteiger partial charge in [-0.2, -0.15) is 0 Å². The van der Waals surface area contributed by atoms with Gasteiger partial charge in [0.2, 0.25) is 0 Å². The monoisotopic (exact) mass is 543 g/mol. The summed E-state index contributed by atoms with van der Waals surface area (Å²) >= 11 is 0. The largest absolute Gasteiger partial charge is 0.492 e. The van der Waals surface area contributed by atoms with Crippen LogP contribution in [0.2, 0.25) is 0 Å². The number of carbonyl (C=O) groups excluding carboxylic acids is 2. The SMILES string of the molecule is CCOc1cc(C(=O)NCCN2CCN(C)CC2)ccc1Nc1cc2c(cn1)N(C)C(=O)c1ccccc1N2C. The van der Waals surface area contributed by atoms with E-state index in [4.69, 9.17) is 4.74 Å². The van der Waals surface area contributed by atoms with Crippen molar-refractivity contribution in [2.24, 2.45) is 0 Å². The molecule has 40 heavy (non-hydrogen) atoms. The molecule has 10 heteroatoms. The van der Waals surface area contributed by atoms with Gasteiger partial charge in [0.15, 0.2) is 0 Å². The molecule has 3 aromatic rings. The van der Waals surface area contributed by atoms with Gasteiger partial charge in [0.1, 0.15) is 11.6 Å². The van der Waals surface area contributed by atoms with Crippen molar-refractivity contribution in [2.45, 2.75) is 6.92 Å². The average Bonchev–Trinajstić information content (AvgIpc) is 3.04. The van der Waals surface area contributed by atoms with E-state index in [0.717, 1.165) is 44.1 Å². The highest BCUT2D eigenvalue weighted by Crippen LogP contribution is 2.40. The molecule has 1 saturated heterocycles. The first kappa shape index (κ1) is 27.4. The van der Waals surface area contributed by atoms with Crippen molar-refractivity contribution in [3.8, 4) is 5.75 Å². The van der Waals surface area contributed by atoms with Crippen molar-refractivity contribution in [3.63, 3.8) is 0 Å². The lowest BCUT2D eigenvalue weighted by Crippen LogP contribution is -2.46. The molecule has 1 aromatic heterocycles. The number of anilines is 5. The molecule has 2 aliphatic rings. The summed E-state index contributed by atoms with van der Waals surface area (Å²) in [7, 11) is 5.83. The van der Waals surface area contributed by atoms with Crippen LogP contribution in [0, 0.1) is 0 Å². The number of ether oxygens (including phenoxy) is 1. The number of benzene rings is 2. The number of likely N-dealkylation sites (N-methyl/N-ethyl adjacent to an activating group) is 1. The first-order chi connectivity index (χ1) is 19.4. The smallest absolute Gasteiger partial charge is 0.260 e. The second-order valence-corrected chi connectivity index (χ2v) is 10.2. The molecule has 2 aliphatic heterocycles. The number of hydrogen-bond donors (Lipinski definition) is 2. The number of aromatic nitrogens is 1. The Morgan fingerprint density at radius 2 is 1.73 bits per heavy atom. The molecule has 5 rings (SSSR count). The van der Waals surface area contributed by atoms with E-state index in [9.17, 15) is 9.59 Å². The zero-order valence-corrected chi connectivity index (χ0v) is 23.6. The van der Waals surface area contributed by atoms with E-state index in [2.05, 4.69) is 32.5 Å². The number of nitrogens with zero attached hydrogens (tertiary/aromatic N) is 5. The highest BCUT2D eigenvalue weighted by atomic mass is 16.5. The predicted octanol–water partition coefficient (Wildman–Crippen LogP) is 3.56. The third-order valence-corrected chi connectivity index (χ3v) is 7.50. The number of para-hydroxylation sites is 1. The van der Waals surface area contributed by atoms with E-state index in [0.29, 0.717) is 47.2 Å². The first-order valence-electron chi connectivity index (χ1n) is 13.7. The molecule has 1 fully saturated rings. The molecular weight excluding hydrogens is 506 g/mol. The molecule has 2 N–H and O–H groups in total. The van der Waals surface area contributed by atoms with Gasteiger partial charge in [-0.1, -0.05) is 12.1 Å². The third-order valence-electron chi connectivity index (χ3n) is 7.50. The van der Waals surface area contributed by atoms with E-state index in [-0.39, 0.29) is 11.8 Å². The van der Waals surface area contributed by atoms with Crippen molar-refractivity contribution in [1.29, 1.82) is 0 Å². The molecule has 0 radical (unpaired) electrons. The molecule has 0 aliphatic carbocycles. The van der Waals surface area contributed by atoms with Gasteiger partial charge in [-0.25, -0.2) is 4.98 Å². The number of hydrogen-bond acceptors (Lipinski definition) is 8. The summed E-state index contributed by atoms with van der Waals surface area (Å²) in [4.78, 5) is 38.9. The minimum absolute atomic E-state index is 0.0836. The van der Waals surface area contributed by atoms with Crippen LogP contribution in [0.5, 0.6) is 5.75 Å². The van der Waals surface area contributed by atoms with Crippen molar-refractivity contribution >= 4 is 40.4 Å². The molecular formula is C30H37N7O3. The van der Waals surface area contributed by atoms with Gasteiger partial charge in [0.05, 0.1) is 41.1 Å². The van der Waals surface area contributed by atoms with Crippen LogP contribution >= 0.6 is 0 Å². The van der Waals surface area contributed by atoms with E-state index >= 15 is 0 Å². The number of pyridine rings is 1. The van der Waals surface area contributed by atoms with Crippen LogP contribution in [0.25, 0.3) is 0 Å². The summed E-state index contributed by atoms with van der Waals surface area (Å²) in [6.07, 6.45) is 1.69. The lowest BCUT2D eigenvalue weighted by molar-refractivity contribution is 0.0939. The van der Waals surface area contributed by atoms with Crippen molar-refractivity contribution in [2.75, 3.05) is 82.1 Å². The Kier molecular flexibility index (Phi) is 8.18. The fraction of sp³-hybridized carbons (Fsp3) is 0.367. The van der Waals surface area contributed by atoms with E-state index in [1.54, 1.807) is 30.3 Å². The number of nitrogens with one attached hydrogen (secondary N) is 2. The molecule has 0 bridgehead atoms. The number of rotatable bonds is 8. The topological polar surface area (TPSA) is 93.3 Å². The zero-order valence-electron chi connectivity index (χ0n) is 23.6. The lowest BCUT2D eigenvalue weighted by atomic mass is 10.1. The molecule has 0 unspecified atom stereocenters. The van der Waals surface area contributed by atoms with Crippen LogP contribution < -0.4 is 25.2 Å². The van der Waals surface area contributed by atoms with Crippen LogP contribution in [-0.4, -0.2) is 93.6 Å². The van der Waals surface area contributed by atoms with Gasteiger partial charge in [-0.3, -0.25) is 14.5 Å². The van der Waals surface area contributed by atoms with Crippen LogP contribution in [-0.2, 0) is 0 Å². The maximum atomic E-state index is 13.1. The molecule has 10 nitrogen and oxygen atoms in total. The van der Waals surface area contributed by atoms with Crippen LogP contribution in [0.3, 0.4) is 0 Å². The number of piperazine rings is 1. The summed E-state index contributed by atoms with van der Waals surface area (Å²) in [5, 5.41) is 6.38. The Morgan fingerprint density at radius 1 is 0.950 bits per heavy atom. The summed E-state index contributed by atoms with van der Waals surface area (Å²) < 4.78 is 5.89. The Balaban J connectivity index is 1.32. The Morgan fingerprint density at radius 3 is 2.50 bits per heavy atom. The molecule has 2 aromatic carbocycles. The standard InChI is InChI=1S/C30H37N7O3/c1-5-40-27-18-21(29(38)31-12-13-37-16-14-34(2)15-17-37)10-11-23(27)33-28-19-25-26(20-32-28)36(4)30(39)22-8-6-7-9-24(22)35(25)3/h6-11,18-20H,5,12-17H2,1-4H3,(H,31,38)(H,32,33). The number of fused-ring (bicyclic) bond motifs is 2. The number of carbonyl (C=O) groups is 2. The fourth-order valence-electron chi connectivity index (χ4n) is 5.08. The first-order valence-corrected chi connectivity index (χ1v) is 13.7. The molecule has 2 amide bonds. The number of amides is 2. The Bertz CT molecular complexity index is 1390. The molecule has 0 saturated carbocycles. The second-order valence-electron chi connectivity index (χ2n) is 10.2. The summed E-state index contributed by atoms with van der Waals surface area (Å²) in [6, 6.07) is 14.9. The minimum atomic E-state index is -0.127. The van der Waals surface area contributed by atoms with Gasteiger partial charge in [0.25, 0.3) is 11.8 Å². The van der Waals surface area contributed by atoms with Gasteiger partial charge in [0, 0.05) is 65.0 Å². The Hall–Kier alpha value is -4.15. The Labute approximate surface area is 235 Å². The summed E-state index contributed by atoms with van der Waals surface area (Å²) in [5.74, 6) is 0.950. The van der Waals surface area contributed by atoms with Crippen molar-refractivity contribution in [3.05, 3.63) is 65.9 Å². The third kappa shape index (κ3) is 5.73. The van der Waals surface area contributed by atoms with Gasteiger partial charge in [-0.15, -0.1) is 0 Å². The highest BCUT2D eigenvalue weighted by Gasteiger charge is 2.27. The molecule has 0 atom stereocenters. The maximum Gasteiger partial charge on any atom is 0.260 e. The highest BCUT2D eigenvalue weighted by molar-refractivity contribution is 6.13. The quantitative estimate of drug-likeness (QED) is 0.446. The zero-order chi connectivity index (χ0) is 28.2. The van der Waals surface area contributed by atoms with Crippen LogP contribution in [0.15, 0.2) is 54.7 Å². The summed E-state index contributed by atoms with van der Waals surface area (Å²) in [5.41, 5.74) is 4.25. The van der Waals surface area contributed by atoms with E-state index < -0.39 is 0 Å². The van der Waals surface area contributed by atoms with Crippen molar-refractivity contribution < 1.29 is 14.3 Å². The average molecular weight is 544 g/mol. The normalized spacial score (nSPS) is 15.8. The maximum absolute atomic E-state index is 13.1. The second kappa shape index (κ2) is 11.9. The minimum Gasteiger partial charge on any atom is -0.492 e. The van der Waals surface area contributed by atoms with Crippen LogP contribution in [0.4, 0.5) is 28.6 Å². The van der Waals surface area contributed by atoms with Gasteiger partial charge < -0.3 is 30.1 Å². The lowest BCUT2D eigenvalue weighted by Gasteiger charge is -2.32. The van der Waals surface area contributed by atoms with Gasteiger partial charge >= 0.3 is 0 Å². The predicted molar refractivity (Wildman–Crippen MR) is 159 cm³/mol. The molecule has 3 heterocycles. The summed E-state index contributed by atoms with van der Waals surface area (Å²) in [6.45, 7) is 7.94.